The van der Waals surface area contributed by atoms with Crippen LogP contribution in [-0.4, -0.2) is 61.1 Å². The number of halogens is 1. The summed E-state index contributed by atoms with van der Waals surface area (Å²) in [5.74, 6) is -3.02. The van der Waals surface area contributed by atoms with Crippen LogP contribution in [0.15, 0.2) is 42.5 Å². The average molecular weight is 443 g/mol. The minimum absolute atomic E-state index is 0.0140. The quantitative estimate of drug-likeness (QED) is 0.317. The third-order valence-corrected chi connectivity index (χ3v) is 4.82. The molecule has 0 aromatic heterocycles. The van der Waals surface area contributed by atoms with Crippen LogP contribution in [0.3, 0.4) is 0 Å². The van der Waals surface area contributed by atoms with Crippen LogP contribution in [0.4, 0.5) is 15.8 Å². The number of carbonyl (C=O) groups is 3. The van der Waals surface area contributed by atoms with Crippen molar-refractivity contribution in [1.29, 1.82) is 5.41 Å². The third-order valence-electron chi connectivity index (χ3n) is 4.82. The number of carbonyl (C=O) groups excluding carboxylic acids is 3. The summed E-state index contributed by atoms with van der Waals surface area (Å²) in [5.41, 5.74) is 6.28. The van der Waals surface area contributed by atoms with Crippen molar-refractivity contribution in [3.8, 4) is 0 Å². The van der Waals surface area contributed by atoms with E-state index < -0.39 is 35.7 Å². The topological polar surface area (TPSA) is 158 Å². The highest BCUT2D eigenvalue weighted by molar-refractivity contribution is 6.04. The normalized spacial score (nSPS) is 16.9. The molecule has 6 N–H and O–H groups in total. The van der Waals surface area contributed by atoms with Crippen LogP contribution in [0, 0.1) is 11.2 Å². The largest absolute Gasteiger partial charge is 0.384 e. The predicted octanol–water partition coefficient (Wildman–Crippen LogP) is 0.201. The van der Waals surface area contributed by atoms with E-state index in [4.69, 9.17) is 15.9 Å². The van der Waals surface area contributed by atoms with Gasteiger partial charge in [0.15, 0.2) is 12.2 Å². The molecule has 2 atom stereocenters. The van der Waals surface area contributed by atoms with E-state index in [2.05, 4.69) is 10.6 Å². The third kappa shape index (κ3) is 4.90. The van der Waals surface area contributed by atoms with Crippen molar-refractivity contribution in [3.05, 3.63) is 59.4 Å². The van der Waals surface area contributed by atoms with E-state index in [1.807, 2.05) is 0 Å². The number of anilines is 2. The molecule has 3 rings (SSSR count). The van der Waals surface area contributed by atoms with Crippen LogP contribution in [0.1, 0.15) is 15.9 Å². The van der Waals surface area contributed by atoms with Crippen molar-refractivity contribution >= 4 is 34.9 Å². The summed E-state index contributed by atoms with van der Waals surface area (Å²) in [7, 11) is 1.39. The number of hydrogen-bond donors (Lipinski definition) is 5. The molecule has 0 aliphatic carbocycles. The lowest BCUT2D eigenvalue weighted by Crippen LogP contribution is -2.55. The van der Waals surface area contributed by atoms with Crippen molar-refractivity contribution in [2.24, 2.45) is 5.73 Å². The number of ether oxygens (including phenoxy) is 1. The Bertz CT molecular complexity index is 1060. The molecule has 1 heterocycles. The Kier molecular flexibility index (Phi) is 6.81. The lowest BCUT2D eigenvalue weighted by atomic mass is 10.1. The fourth-order valence-corrected chi connectivity index (χ4v) is 3.18. The molecule has 1 saturated heterocycles. The number of hydrogen-bond acceptors (Lipinski definition) is 6. The molecule has 1 aliphatic rings. The van der Waals surface area contributed by atoms with Gasteiger partial charge >= 0.3 is 0 Å². The van der Waals surface area contributed by atoms with Gasteiger partial charge in [-0.1, -0.05) is 0 Å². The number of nitrogens with zero attached hydrogens (tertiary/aromatic N) is 1. The average Bonchev–Trinajstić information content (AvgIpc) is 2.78. The lowest BCUT2D eigenvalue weighted by Gasteiger charge is -2.34. The van der Waals surface area contributed by atoms with Crippen molar-refractivity contribution in [2.45, 2.75) is 12.2 Å². The van der Waals surface area contributed by atoms with E-state index in [1.165, 1.54) is 37.4 Å². The minimum atomic E-state index is -1.84. The van der Waals surface area contributed by atoms with Gasteiger partial charge in [0.2, 0.25) is 0 Å². The maximum atomic E-state index is 14.0. The van der Waals surface area contributed by atoms with Gasteiger partial charge in [-0.15, -0.1) is 0 Å². The van der Waals surface area contributed by atoms with Crippen molar-refractivity contribution in [2.75, 3.05) is 30.4 Å². The monoisotopic (exact) mass is 443 g/mol. The maximum Gasteiger partial charge on any atom is 0.259 e. The predicted molar refractivity (Wildman–Crippen MR) is 114 cm³/mol. The number of amidine groups is 1. The van der Waals surface area contributed by atoms with Gasteiger partial charge < -0.3 is 31.1 Å². The lowest BCUT2D eigenvalue weighted by molar-refractivity contribution is -0.150. The van der Waals surface area contributed by atoms with Gasteiger partial charge in [0.1, 0.15) is 11.7 Å². The Balaban J connectivity index is 1.75. The van der Waals surface area contributed by atoms with Crippen LogP contribution in [0.25, 0.3) is 0 Å². The number of nitrogen functional groups attached to an aromatic ring is 1. The molecule has 2 aromatic carbocycles. The van der Waals surface area contributed by atoms with Crippen molar-refractivity contribution in [3.63, 3.8) is 0 Å². The summed E-state index contributed by atoms with van der Waals surface area (Å²) >= 11 is 0. The van der Waals surface area contributed by atoms with Gasteiger partial charge in [-0.2, -0.15) is 0 Å². The van der Waals surface area contributed by atoms with E-state index in [0.29, 0.717) is 11.3 Å². The van der Waals surface area contributed by atoms with Gasteiger partial charge in [-0.3, -0.25) is 19.8 Å². The zero-order valence-corrected chi connectivity index (χ0v) is 17.1. The SMILES string of the molecule is CNC(=O)c1cc(F)cc(N2CCO[C@H]([C@@H](O)C(=O)Nc3ccc(C(=N)N)cc3)C2=O)c1. The standard InChI is InChI=1S/C21H22FN5O5/c1-25-19(29)12-8-13(22)10-15(9-12)27-6-7-32-17(21(27)31)16(28)20(30)26-14-4-2-11(3-5-14)18(23)24/h2-5,8-10,16-17,28H,6-7H2,1H3,(H3,23,24)(H,25,29)(H,26,30)/t16-,17-/m1/s1. The molecule has 0 unspecified atom stereocenters. The molecule has 0 bridgehead atoms. The van der Waals surface area contributed by atoms with Crippen molar-refractivity contribution in [1.82, 2.24) is 5.32 Å². The molecular formula is C21H22FN5O5. The van der Waals surface area contributed by atoms with Crippen molar-refractivity contribution < 1.29 is 28.6 Å². The first-order chi connectivity index (χ1) is 15.2. The summed E-state index contributed by atoms with van der Waals surface area (Å²) in [6, 6.07) is 9.46. The van der Waals surface area contributed by atoms with Crippen LogP contribution in [0.5, 0.6) is 0 Å². The highest BCUT2D eigenvalue weighted by atomic mass is 19.1. The zero-order chi connectivity index (χ0) is 23.4. The summed E-state index contributed by atoms with van der Waals surface area (Å²) in [6.45, 7) is 0.0344. The maximum absolute atomic E-state index is 14.0. The number of amides is 3. The van der Waals surface area contributed by atoms with Crippen LogP contribution in [0.2, 0.25) is 0 Å². The fourth-order valence-electron chi connectivity index (χ4n) is 3.18. The molecule has 0 spiro atoms. The Hall–Kier alpha value is -3.83. The molecule has 168 valence electrons. The number of nitrogens with two attached hydrogens (primary N) is 1. The molecule has 3 amide bonds. The van der Waals surface area contributed by atoms with E-state index in [0.717, 1.165) is 17.0 Å². The molecular weight excluding hydrogens is 421 g/mol. The Morgan fingerprint density at radius 1 is 1.25 bits per heavy atom. The van der Waals surface area contributed by atoms with Gasteiger partial charge in [0.05, 0.1) is 6.61 Å². The molecule has 2 aromatic rings. The van der Waals surface area contributed by atoms with Crippen LogP contribution < -0.4 is 21.3 Å². The summed E-state index contributed by atoms with van der Waals surface area (Å²) in [4.78, 5) is 38.4. The second-order valence-electron chi connectivity index (χ2n) is 6.98. The molecule has 0 radical (unpaired) electrons. The number of nitrogens with one attached hydrogen (secondary N) is 3. The van der Waals surface area contributed by atoms with E-state index in [1.54, 1.807) is 0 Å². The molecule has 1 aliphatic heterocycles. The van der Waals surface area contributed by atoms with Gasteiger partial charge in [-0.05, 0) is 42.5 Å². The number of aliphatic hydroxyl groups is 1. The molecule has 32 heavy (non-hydrogen) atoms. The Morgan fingerprint density at radius 3 is 2.56 bits per heavy atom. The van der Waals surface area contributed by atoms with Crippen LogP contribution >= 0.6 is 0 Å². The first-order valence-corrected chi connectivity index (χ1v) is 9.60. The summed E-state index contributed by atoms with van der Waals surface area (Å²) in [6.07, 6.45) is -3.36. The summed E-state index contributed by atoms with van der Waals surface area (Å²) in [5, 5.41) is 22.6. The minimum Gasteiger partial charge on any atom is -0.384 e. The second kappa shape index (κ2) is 9.54. The summed E-state index contributed by atoms with van der Waals surface area (Å²) < 4.78 is 19.3. The highest BCUT2D eigenvalue weighted by Gasteiger charge is 2.39. The number of aliphatic hydroxyl groups excluding tert-OH is 1. The fraction of sp³-hybridized carbons (Fsp3) is 0.238. The smallest absolute Gasteiger partial charge is 0.259 e. The molecule has 10 nitrogen and oxygen atoms in total. The Labute approximate surface area is 182 Å². The zero-order valence-electron chi connectivity index (χ0n) is 17.1. The molecule has 1 fully saturated rings. The molecule has 11 heteroatoms. The second-order valence-corrected chi connectivity index (χ2v) is 6.98. The Morgan fingerprint density at radius 2 is 1.94 bits per heavy atom. The van der Waals surface area contributed by atoms with Gasteiger partial charge in [0.25, 0.3) is 17.7 Å². The highest BCUT2D eigenvalue weighted by Crippen LogP contribution is 2.24. The van der Waals surface area contributed by atoms with E-state index in [-0.39, 0.29) is 30.2 Å². The van der Waals surface area contributed by atoms with E-state index >= 15 is 0 Å². The first kappa shape index (κ1) is 22.8. The number of morpholine rings is 1. The van der Waals surface area contributed by atoms with Crippen LogP contribution in [-0.2, 0) is 14.3 Å². The van der Waals surface area contributed by atoms with Gasteiger partial charge in [0, 0.05) is 36.1 Å². The number of rotatable bonds is 6. The molecule has 0 saturated carbocycles. The van der Waals surface area contributed by atoms with Gasteiger partial charge in [-0.25, -0.2) is 4.39 Å². The van der Waals surface area contributed by atoms with E-state index in [9.17, 15) is 23.9 Å². The first-order valence-electron chi connectivity index (χ1n) is 9.60. The number of benzene rings is 2.